The summed E-state index contributed by atoms with van der Waals surface area (Å²) in [5.74, 6) is -2.18. The van der Waals surface area contributed by atoms with Crippen LogP contribution in [0.5, 0.6) is 0 Å². The van der Waals surface area contributed by atoms with Crippen LogP contribution in [0.3, 0.4) is 0 Å². The Morgan fingerprint density at radius 2 is 1.75 bits per heavy atom. The first-order valence-electron chi connectivity index (χ1n) is 9.77. The predicted molar refractivity (Wildman–Crippen MR) is 115 cm³/mol. The number of benzene rings is 2. The molecule has 0 bridgehead atoms. The number of ether oxygens (including phenoxy) is 1. The summed E-state index contributed by atoms with van der Waals surface area (Å²) in [6.07, 6.45) is 0.0996. The van der Waals surface area contributed by atoms with Gasteiger partial charge in [-0.05, 0) is 18.6 Å². The number of rotatable bonds is 7. The standard InChI is InChI=1S/C22H22N4O6/c1-14-20(26(31)18-11-7-6-10-17(18)25(14)30)22(29)24-16(12-15-8-4-3-5-9-15)21(28)23-13-19(27)32-2/h3-11,16H,12-13H2,1-2H3,(H,23,28)(H,24,29). The average molecular weight is 438 g/mol. The Kier molecular flexibility index (Phi) is 6.83. The minimum atomic E-state index is -1.11. The SMILES string of the molecule is COC(=O)CNC(=O)C(Cc1ccccc1)NC(=O)c1c(C)n([O-])c2ccccc2[n+]1=O. The Hall–Kier alpha value is -4.21. The number of methoxy groups -OCH3 is 1. The van der Waals surface area contributed by atoms with Gasteiger partial charge in [-0.15, -0.1) is 0 Å². The summed E-state index contributed by atoms with van der Waals surface area (Å²) in [4.78, 5) is 50.0. The van der Waals surface area contributed by atoms with Gasteiger partial charge >= 0.3 is 17.6 Å². The second-order valence-electron chi connectivity index (χ2n) is 7.02. The van der Waals surface area contributed by atoms with Gasteiger partial charge in [-0.2, -0.15) is 0 Å². The first-order chi connectivity index (χ1) is 15.3. The van der Waals surface area contributed by atoms with Gasteiger partial charge < -0.3 is 25.3 Å². The molecule has 3 rings (SSSR count). The molecule has 0 aliphatic carbocycles. The number of carbonyl (C=O) groups excluding carboxylic acids is 3. The molecule has 166 valence electrons. The second kappa shape index (κ2) is 9.73. The molecule has 32 heavy (non-hydrogen) atoms. The summed E-state index contributed by atoms with van der Waals surface area (Å²) < 4.78 is 5.39. The van der Waals surface area contributed by atoms with Crippen molar-refractivity contribution < 1.29 is 23.5 Å². The maximum Gasteiger partial charge on any atom is 0.346 e. The number of aromatic nitrogens is 2. The lowest BCUT2D eigenvalue weighted by Gasteiger charge is -2.19. The lowest BCUT2D eigenvalue weighted by molar-refractivity contribution is -0.468. The van der Waals surface area contributed by atoms with E-state index in [1.54, 1.807) is 42.5 Å². The van der Waals surface area contributed by atoms with E-state index in [2.05, 4.69) is 15.4 Å². The average Bonchev–Trinajstić information content (AvgIpc) is 2.81. The smallest absolute Gasteiger partial charge is 0.346 e. The quantitative estimate of drug-likeness (QED) is 0.415. The predicted octanol–water partition coefficient (Wildman–Crippen LogP) is 0.840. The van der Waals surface area contributed by atoms with E-state index in [9.17, 15) is 24.5 Å². The number of fused-ring (bicyclic) bond motifs is 1. The molecule has 10 heteroatoms. The van der Waals surface area contributed by atoms with Gasteiger partial charge in [0.1, 0.15) is 18.1 Å². The first-order valence-corrected chi connectivity index (χ1v) is 9.77. The van der Waals surface area contributed by atoms with Gasteiger partial charge in [0.25, 0.3) is 5.52 Å². The highest BCUT2D eigenvalue weighted by Gasteiger charge is 2.31. The zero-order chi connectivity index (χ0) is 23.3. The molecule has 1 aromatic heterocycles. The summed E-state index contributed by atoms with van der Waals surface area (Å²) in [5.41, 5.74) is 0.360. The van der Waals surface area contributed by atoms with Crippen LogP contribution in [0.4, 0.5) is 0 Å². The Morgan fingerprint density at radius 1 is 1.09 bits per heavy atom. The summed E-state index contributed by atoms with van der Waals surface area (Å²) >= 11 is 0. The lowest BCUT2D eigenvalue weighted by Crippen LogP contribution is -2.50. The van der Waals surface area contributed by atoms with Crippen molar-refractivity contribution >= 4 is 28.8 Å². The molecule has 0 spiro atoms. The molecule has 0 saturated carbocycles. The monoisotopic (exact) mass is 438 g/mol. The zero-order valence-corrected chi connectivity index (χ0v) is 17.5. The summed E-state index contributed by atoms with van der Waals surface area (Å²) in [6, 6.07) is 13.9. The Bertz CT molecular complexity index is 1220. The van der Waals surface area contributed by atoms with Crippen molar-refractivity contribution in [1.82, 2.24) is 15.4 Å². The zero-order valence-electron chi connectivity index (χ0n) is 17.5. The maximum atomic E-state index is 13.0. The molecule has 2 amide bonds. The Morgan fingerprint density at radius 3 is 2.44 bits per heavy atom. The molecule has 0 radical (unpaired) electrons. The van der Waals surface area contributed by atoms with Crippen LogP contribution >= 0.6 is 0 Å². The van der Waals surface area contributed by atoms with Crippen molar-refractivity contribution in [2.75, 3.05) is 13.7 Å². The third-order valence-corrected chi connectivity index (χ3v) is 4.92. The number of para-hydroxylation sites is 2. The molecule has 0 saturated heterocycles. The fourth-order valence-electron chi connectivity index (χ4n) is 3.25. The topological polar surface area (TPSA) is 135 Å². The van der Waals surface area contributed by atoms with E-state index in [1.165, 1.54) is 26.2 Å². The molecule has 2 aromatic carbocycles. The first kappa shape index (κ1) is 22.5. The van der Waals surface area contributed by atoms with Crippen molar-refractivity contribution in [3.63, 3.8) is 0 Å². The number of nitrogens with zero attached hydrogens (tertiary/aromatic N) is 2. The van der Waals surface area contributed by atoms with Crippen molar-refractivity contribution in [3.05, 3.63) is 81.7 Å². The molecule has 3 aromatic rings. The van der Waals surface area contributed by atoms with Gasteiger partial charge in [0.05, 0.1) is 17.2 Å². The fourth-order valence-corrected chi connectivity index (χ4v) is 3.25. The second-order valence-corrected chi connectivity index (χ2v) is 7.02. The van der Waals surface area contributed by atoms with Crippen molar-refractivity contribution in [1.29, 1.82) is 0 Å². The van der Waals surface area contributed by atoms with Gasteiger partial charge in [-0.25, -0.2) is 0 Å². The normalized spacial score (nSPS) is 11.6. The minimum Gasteiger partial charge on any atom is -0.805 e. The number of carbonyl (C=O) groups is 3. The lowest BCUT2D eigenvalue weighted by atomic mass is 10.0. The number of esters is 1. The van der Waals surface area contributed by atoms with E-state index >= 15 is 0 Å². The van der Waals surface area contributed by atoms with Crippen molar-refractivity contribution in [2.24, 2.45) is 0 Å². The number of hydrogen-bond donors (Lipinski definition) is 2. The number of hydrogen-bond acceptors (Lipinski definition) is 6. The van der Waals surface area contributed by atoms with E-state index in [0.29, 0.717) is 9.16 Å². The minimum absolute atomic E-state index is 0.0213. The fraction of sp³-hybridized carbons (Fsp3) is 0.227. The van der Waals surface area contributed by atoms with Crippen LogP contribution in [0.2, 0.25) is 0 Å². The molecule has 10 nitrogen and oxygen atoms in total. The highest BCUT2D eigenvalue weighted by Crippen LogP contribution is 2.14. The van der Waals surface area contributed by atoms with Gasteiger partial charge in [0.15, 0.2) is 0 Å². The third kappa shape index (κ3) is 4.75. The van der Waals surface area contributed by atoms with Crippen LogP contribution in [0.15, 0.2) is 54.6 Å². The van der Waals surface area contributed by atoms with E-state index in [1.807, 2.05) is 0 Å². The van der Waals surface area contributed by atoms with Gasteiger partial charge in [-0.3, -0.25) is 14.4 Å². The largest absolute Gasteiger partial charge is 0.805 e. The molecule has 1 heterocycles. The third-order valence-electron chi connectivity index (χ3n) is 4.92. The van der Waals surface area contributed by atoms with E-state index in [-0.39, 0.29) is 29.7 Å². The Labute approximate surface area is 183 Å². The summed E-state index contributed by atoms with van der Waals surface area (Å²) in [5, 5.41) is 17.5. The molecule has 0 aliphatic heterocycles. The number of nitrogens with one attached hydrogen (secondary N) is 2. The van der Waals surface area contributed by atoms with Crippen LogP contribution in [0.1, 0.15) is 21.7 Å². The van der Waals surface area contributed by atoms with Crippen LogP contribution in [-0.2, 0) is 20.7 Å². The molecule has 2 N–H and O–H groups in total. The van der Waals surface area contributed by atoms with Crippen LogP contribution in [0, 0.1) is 17.0 Å². The molecule has 1 unspecified atom stereocenters. The van der Waals surface area contributed by atoms with Crippen LogP contribution in [0.25, 0.3) is 11.0 Å². The maximum absolute atomic E-state index is 13.0. The Balaban J connectivity index is 1.93. The molecular formula is C22H22N4O6. The van der Waals surface area contributed by atoms with Gasteiger partial charge in [-0.1, -0.05) is 42.5 Å². The molecular weight excluding hydrogens is 416 g/mol. The molecule has 0 fully saturated rings. The van der Waals surface area contributed by atoms with Gasteiger partial charge in [0, 0.05) is 17.4 Å². The van der Waals surface area contributed by atoms with Crippen LogP contribution in [-0.4, -0.2) is 42.2 Å². The van der Waals surface area contributed by atoms with Gasteiger partial charge in [0.2, 0.25) is 5.91 Å². The highest BCUT2D eigenvalue weighted by molar-refractivity contribution is 5.97. The summed E-state index contributed by atoms with van der Waals surface area (Å²) in [7, 11) is 1.19. The van der Waals surface area contributed by atoms with Crippen LogP contribution < -0.4 is 15.1 Å². The molecule has 1 atom stereocenters. The van der Waals surface area contributed by atoms with Crippen molar-refractivity contribution in [2.45, 2.75) is 19.4 Å². The highest BCUT2D eigenvalue weighted by atomic mass is 16.5. The molecule has 0 aliphatic rings. The number of amides is 2. The van der Waals surface area contributed by atoms with E-state index in [4.69, 9.17) is 0 Å². The van der Waals surface area contributed by atoms with E-state index in [0.717, 1.165) is 5.56 Å². The van der Waals surface area contributed by atoms with E-state index < -0.39 is 29.5 Å². The summed E-state index contributed by atoms with van der Waals surface area (Å²) in [6.45, 7) is 0.972. The van der Waals surface area contributed by atoms with Crippen molar-refractivity contribution in [3.8, 4) is 0 Å².